The van der Waals surface area contributed by atoms with E-state index in [9.17, 15) is 4.79 Å². The lowest BCUT2D eigenvalue weighted by atomic mass is 10.1. The Labute approximate surface area is 162 Å². The van der Waals surface area contributed by atoms with Crippen molar-refractivity contribution in [3.05, 3.63) is 58.9 Å². The Morgan fingerprint density at radius 1 is 1.19 bits per heavy atom. The van der Waals surface area contributed by atoms with Crippen LogP contribution < -0.4 is 16.0 Å². The third kappa shape index (κ3) is 4.20. The second-order valence-electron chi connectivity index (χ2n) is 5.91. The van der Waals surface area contributed by atoms with Crippen molar-refractivity contribution >= 4 is 40.5 Å². The average Bonchev–Trinajstić information content (AvgIpc) is 3.03. The van der Waals surface area contributed by atoms with Gasteiger partial charge in [0.15, 0.2) is 0 Å². The van der Waals surface area contributed by atoms with Crippen molar-refractivity contribution in [3.63, 3.8) is 0 Å². The summed E-state index contributed by atoms with van der Waals surface area (Å²) in [7, 11) is 1.60. The monoisotopic (exact) mass is 384 g/mol. The van der Waals surface area contributed by atoms with E-state index in [1.807, 2.05) is 42.8 Å². The molecule has 0 bridgehead atoms. The van der Waals surface area contributed by atoms with E-state index in [0.717, 1.165) is 18.1 Å². The molecule has 3 rings (SSSR count). The molecule has 0 aliphatic rings. The van der Waals surface area contributed by atoms with Gasteiger partial charge in [0.05, 0.1) is 33.9 Å². The zero-order valence-electron chi connectivity index (χ0n) is 15.4. The van der Waals surface area contributed by atoms with E-state index in [1.165, 1.54) is 0 Å². The summed E-state index contributed by atoms with van der Waals surface area (Å²) in [5, 5.41) is 14.0. The Hall–Kier alpha value is -3.06. The van der Waals surface area contributed by atoms with Gasteiger partial charge < -0.3 is 16.0 Å². The summed E-state index contributed by atoms with van der Waals surface area (Å²) in [5.41, 5.74) is 2.75. The highest BCUT2D eigenvalue weighted by Crippen LogP contribution is 2.29. The normalized spacial score (nSPS) is 10.5. The number of nitrogens with one attached hydrogen (secondary N) is 3. The number of amides is 1. The molecule has 0 spiro atoms. The molecule has 8 heteroatoms. The number of hydrogen-bond acceptors (Lipinski definition) is 5. The van der Waals surface area contributed by atoms with Crippen molar-refractivity contribution in [1.29, 1.82) is 0 Å². The van der Waals surface area contributed by atoms with Gasteiger partial charge >= 0.3 is 0 Å². The first-order valence-electron chi connectivity index (χ1n) is 8.57. The van der Waals surface area contributed by atoms with Crippen molar-refractivity contribution in [2.75, 3.05) is 17.7 Å². The standard InChI is InChI=1S/C19H21ClN6O/c1-4-26-18(9-12(2)25-26)24-17-10-16(14(20)11-22-17)23-15-8-6-5-7-13(15)19(27)21-3/h5-11H,4H2,1-3H3,(H,21,27)(H2,22,23,24). The van der Waals surface area contributed by atoms with Gasteiger partial charge in [-0.1, -0.05) is 23.7 Å². The fourth-order valence-corrected chi connectivity index (χ4v) is 2.84. The lowest BCUT2D eigenvalue weighted by molar-refractivity contribution is 0.0964. The zero-order chi connectivity index (χ0) is 19.4. The summed E-state index contributed by atoms with van der Waals surface area (Å²) >= 11 is 6.31. The molecule has 0 aliphatic carbocycles. The molecule has 7 nitrogen and oxygen atoms in total. The predicted octanol–water partition coefficient (Wildman–Crippen LogP) is 4.11. The molecule has 2 heterocycles. The molecular formula is C19H21ClN6O. The minimum absolute atomic E-state index is 0.177. The molecule has 0 fully saturated rings. The molecule has 0 saturated carbocycles. The van der Waals surface area contributed by atoms with Crippen LogP contribution in [0, 0.1) is 6.92 Å². The van der Waals surface area contributed by atoms with Crippen molar-refractivity contribution < 1.29 is 4.79 Å². The van der Waals surface area contributed by atoms with E-state index in [2.05, 4.69) is 26.0 Å². The number of hydrogen-bond donors (Lipinski definition) is 3. The Morgan fingerprint density at radius 2 is 1.96 bits per heavy atom. The predicted molar refractivity (Wildman–Crippen MR) is 108 cm³/mol. The number of rotatable bonds is 6. The second-order valence-corrected chi connectivity index (χ2v) is 6.32. The van der Waals surface area contributed by atoms with Crippen molar-refractivity contribution in [1.82, 2.24) is 20.1 Å². The molecule has 1 amide bonds. The maximum absolute atomic E-state index is 12.1. The van der Waals surface area contributed by atoms with Gasteiger partial charge in [0, 0.05) is 25.7 Å². The Morgan fingerprint density at radius 3 is 2.70 bits per heavy atom. The fourth-order valence-electron chi connectivity index (χ4n) is 2.69. The number of carbonyl (C=O) groups excluding carboxylic acids is 1. The van der Waals surface area contributed by atoms with E-state index < -0.39 is 0 Å². The number of nitrogens with zero attached hydrogens (tertiary/aromatic N) is 3. The Kier molecular flexibility index (Phi) is 5.61. The summed E-state index contributed by atoms with van der Waals surface area (Å²) in [6.07, 6.45) is 1.56. The molecule has 140 valence electrons. The Bertz CT molecular complexity index is 969. The smallest absolute Gasteiger partial charge is 0.253 e. The number of carbonyl (C=O) groups is 1. The summed E-state index contributed by atoms with van der Waals surface area (Å²) in [6, 6.07) is 11.0. The molecule has 0 unspecified atom stereocenters. The molecule has 3 N–H and O–H groups in total. The van der Waals surface area contributed by atoms with Crippen LogP contribution in [-0.4, -0.2) is 27.7 Å². The van der Waals surface area contributed by atoms with E-state index in [-0.39, 0.29) is 5.91 Å². The fraction of sp³-hybridized carbons (Fsp3) is 0.211. The average molecular weight is 385 g/mol. The molecule has 3 aromatic rings. The first kappa shape index (κ1) is 18.7. The van der Waals surface area contributed by atoms with Crippen LogP contribution in [0.15, 0.2) is 42.6 Å². The SMILES string of the molecule is CCn1nc(C)cc1Nc1cc(Nc2ccccc2C(=O)NC)c(Cl)cn1. The summed E-state index contributed by atoms with van der Waals surface area (Å²) < 4.78 is 1.86. The maximum Gasteiger partial charge on any atom is 0.253 e. The lowest BCUT2D eigenvalue weighted by Gasteiger charge is -2.14. The number of para-hydroxylation sites is 1. The minimum atomic E-state index is -0.177. The van der Waals surface area contributed by atoms with Crippen LogP contribution in [0.2, 0.25) is 5.02 Å². The van der Waals surface area contributed by atoms with Gasteiger partial charge in [-0.05, 0) is 26.0 Å². The summed E-state index contributed by atoms with van der Waals surface area (Å²) in [4.78, 5) is 16.4. The molecule has 0 saturated heterocycles. The first-order valence-corrected chi connectivity index (χ1v) is 8.94. The minimum Gasteiger partial charge on any atom is -0.355 e. The number of anilines is 4. The van der Waals surface area contributed by atoms with Crippen LogP contribution in [-0.2, 0) is 6.54 Å². The highest BCUT2D eigenvalue weighted by atomic mass is 35.5. The van der Waals surface area contributed by atoms with Gasteiger partial charge in [0.25, 0.3) is 5.91 Å². The molecule has 1 aromatic carbocycles. The van der Waals surface area contributed by atoms with Crippen molar-refractivity contribution in [3.8, 4) is 0 Å². The molecular weight excluding hydrogens is 364 g/mol. The summed E-state index contributed by atoms with van der Waals surface area (Å²) in [5.74, 6) is 1.29. The van der Waals surface area contributed by atoms with E-state index >= 15 is 0 Å². The largest absolute Gasteiger partial charge is 0.355 e. The highest BCUT2D eigenvalue weighted by Gasteiger charge is 2.12. The van der Waals surface area contributed by atoms with Gasteiger partial charge in [0.2, 0.25) is 0 Å². The van der Waals surface area contributed by atoms with Crippen LogP contribution in [0.25, 0.3) is 0 Å². The quantitative estimate of drug-likeness (QED) is 0.595. The van der Waals surface area contributed by atoms with Crippen molar-refractivity contribution in [2.45, 2.75) is 20.4 Å². The molecule has 0 radical (unpaired) electrons. The Balaban J connectivity index is 1.89. The van der Waals surface area contributed by atoms with Crippen LogP contribution in [0.4, 0.5) is 23.0 Å². The van der Waals surface area contributed by atoms with Gasteiger partial charge in [0.1, 0.15) is 11.6 Å². The zero-order valence-corrected chi connectivity index (χ0v) is 16.1. The van der Waals surface area contributed by atoms with E-state index in [0.29, 0.717) is 27.8 Å². The van der Waals surface area contributed by atoms with Crippen molar-refractivity contribution in [2.24, 2.45) is 0 Å². The molecule has 27 heavy (non-hydrogen) atoms. The third-order valence-corrected chi connectivity index (χ3v) is 4.28. The summed E-state index contributed by atoms with van der Waals surface area (Å²) in [6.45, 7) is 4.71. The van der Waals surface area contributed by atoms with E-state index in [1.54, 1.807) is 25.4 Å². The number of benzene rings is 1. The van der Waals surface area contributed by atoms with Gasteiger partial charge in [-0.2, -0.15) is 5.10 Å². The van der Waals surface area contributed by atoms with E-state index in [4.69, 9.17) is 11.6 Å². The maximum atomic E-state index is 12.1. The third-order valence-electron chi connectivity index (χ3n) is 3.98. The lowest BCUT2D eigenvalue weighted by Crippen LogP contribution is -2.19. The van der Waals surface area contributed by atoms with Crippen LogP contribution in [0.3, 0.4) is 0 Å². The number of halogens is 1. The highest BCUT2D eigenvalue weighted by molar-refractivity contribution is 6.33. The molecule has 0 atom stereocenters. The first-order chi connectivity index (χ1) is 13.0. The van der Waals surface area contributed by atoms with Gasteiger partial charge in [-0.25, -0.2) is 9.67 Å². The van der Waals surface area contributed by atoms with Crippen LogP contribution in [0.1, 0.15) is 23.0 Å². The number of pyridine rings is 1. The molecule has 2 aromatic heterocycles. The van der Waals surface area contributed by atoms with Crippen LogP contribution in [0.5, 0.6) is 0 Å². The van der Waals surface area contributed by atoms with Gasteiger partial charge in [-0.15, -0.1) is 0 Å². The van der Waals surface area contributed by atoms with Crippen LogP contribution >= 0.6 is 11.6 Å². The second kappa shape index (κ2) is 8.09. The van der Waals surface area contributed by atoms with Gasteiger partial charge in [-0.3, -0.25) is 4.79 Å². The number of aryl methyl sites for hydroxylation is 2. The molecule has 0 aliphatic heterocycles. The topological polar surface area (TPSA) is 83.9 Å². The number of aromatic nitrogens is 3.